The molecule has 0 aliphatic heterocycles. The molecule has 0 radical (unpaired) electrons. The third-order valence-corrected chi connectivity index (χ3v) is 3.37. The normalized spacial score (nSPS) is 11.8. The molecule has 0 unspecified atom stereocenters. The summed E-state index contributed by atoms with van der Waals surface area (Å²) in [5.74, 6) is 0. The fraction of sp³-hybridized carbons (Fsp3) is 0.250. The summed E-state index contributed by atoms with van der Waals surface area (Å²) in [7, 11) is 0. The average molecular weight is 315 g/mol. The van der Waals surface area contributed by atoms with Gasteiger partial charge < -0.3 is 10.3 Å². The van der Waals surface area contributed by atoms with Gasteiger partial charge in [-0.05, 0) is 48.0 Å². The van der Waals surface area contributed by atoms with E-state index in [2.05, 4.69) is 20.9 Å². The number of imidazole rings is 1. The van der Waals surface area contributed by atoms with Crippen molar-refractivity contribution in [2.45, 2.75) is 19.4 Å². The summed E-state index contributed by atoms with van der Waals surface area (Å²) in [6.07, 6.45) is 3.51. The molecule has 17 heavy (non-hydrogen) atoms. The van der Waals surface area contributed by atoms with Crippen LogP contribution in [-0.2, 0) is 5.54 Å². The molecule has 1 aromatic heterocycles. The molecule has 3 nitrogen and oxygen atoms in total. The molecule has 0 spiro atoms. The number of hydrogen-bond donors (Lipinski definition) is 1. The van der Waals surface area contributed by atoms with Crippen molar-refractivity contribution in [3.8, 4) is 5.69 Å². The molecule has 0 amide bonds. The Labute approximate surface area is 114 Å². The fourth-order valence-corrected chi connectivity index (χ4v) is 2.24. The first-order valence-electron chi connectivity index (χ1n) is 5.17. The summed E-state index contributed by atoms with van der Waals surface area (Å²) < 4.78 is 2.89. The van der Waals surface area contributed by atoms with Crippen LogP contribution in [0.15, 0.2) is 35.2 Å². The Hall–Kier alpha value is -0.840. The predicted molar refractivity (Wildman–Crippen MR) is 73.5 cm³/mol. The highest BCUT2D eigenvalue weighted by Gasteiger charge is 2.20. The van der Waals surface area contributed by atoms with Crippen LogP contribution >= 0.6 is 27.5 Å². The molecule has 90 valence electrons. The van der Waals surface area contributed by atoms with Gasteiger partial charge in [-0.15, -0.1) is 0 Å². The number of halogens is 2. The average Bonchev–Trinajstić information content (AvgIpc) is 2.69. The molecule has 2 aromatic rings. The fourth-order valence-electron chi connectivity index (χ4n) is 1.63. The van der Waals surface area contributed by atoms with Gasteiger partial charge in [0.25, 0.3) is 0 Å². The summed E-state index contributed by atoms with van der Waals surface area (Å²) >= 11 is 9.52. The Morgan fingerprint density at radius 2 is 2.12 bits per heavy atom. The van der Waals surface area contributed by atoms with Crippen LogP contribution in [0.5, 0.6) is 0 Å². The van der Waals surface area contributed by atoms with Gasteiger partial charge in [-0.2, -0.15) is 0 Å². The van der Waals surface area contributed by atoms with Gasteiger partial charge >= 0.3 is 0 Å². The maximum Gasteiger partial charge on any atom is 0.0995 e. The van der Waals surface area contributed by atoms with Gasteiger partial charge in [0.15, 0.2) is 0 Å². The zero-order valence-electron chi connectivity index (χ0n) is 9.61. The minimum absolute atomic E-state index is 0.460. The molecule has 0 aliphatic carbocycles. The maximum atomic E-state index is 6.12. The van der Waals surface area contributed by atoms with Crippen molar-refractivity contribution in [2.24, 2.45) is 5.73 Å². The number of aromatic nitrogens is 2. The van der Waals surface area contributed by atoms with Gasteiger partial charge in [0.2, 0.25) is 0 Å². The topological polar surface area (TPSA) is 43.8 Å². The van der Waals surface area contributed by atoms with Crippen molar-refractivity contribution in [2.75, 3.05) is 0 Å². The lowest BCUT2D eigenvalue weighted by atomic mass is 10.0. The van der Waals surface area contributed by atoms with Crippen LogP contribution in [0.4, 0.5) is 0 Å². The number of hydrogen-bond acceptors (Lipinski definition) is 2. The summed E-state index contributed by atoms with van der Waals surface area (Å²) in [6, 6.07) is 5.62. The monoisotopic (exact) mass is 313 g/mol. The number of nitrogens with two attached hydrogens (primary N) is 1. The van der Waals surface area contributed by atoms with Crippen LogP contribution in [0.1, 0.15) is 19.5 Å². The molecule has 0 atom stereocenters. The van der Waals surface area contributed by atoms with E-state index in [-0.39, 0.29) is 0 Å². The van der Waals surface area contributed by atoms with Crippen molar-refractivity contribution < 1.29 is 0 Å². The summed E-state index contributed by atoms with van der Waals surface area (Å²) in [6.45, 7) is 3.89. The van der Waals surface area contributed by atoms with Gasteiger partial charge in [-0.25, -0.2) is 4.98 Å². The Kier molecular flexibility index (Phi) is 3.30. The van der Waals surface area contributed by atoms with Crippen LogP contribution in [0.3, 0.4) is 0 Å². The highest BCUT2D eigenvalue weighted by Crippen LogP contribution is 2.28. The number of rotatable bonds is 2. The summed E-state index contributed by atoms with van der Waals surface area (Å²) in [4.78, 5) is 4.15. The van der Waals surface area contributed by atoms with E-state index in [1.807, 2.05) is 36.6 Å². The molecule has 0 saturated carbocycles. The van der Waals surface area contributed by atoms with E-state index >= 15 is 0 Å². The molecule has 0 fully saturated rings. The predicted octanol–water partition coefficient (Wildman–Crippen LogP) is 3.48. The van der Waals surface area contributed by atoms with Gasteiger partial charge in [0.1, 0.15) is 0 Å². The van der Waals surface area contributed by atoms with E-state index in [4.69, 9.17) is 17.3 Å². The van der Waals surface area contributed by atoms with Crippen LogP contribution < -0.4 is 5.73 Å². The maximum absolute atomic E-state index is 6.12. The molecular weight excluding hydrogens is 302 g/mol. The van der Waals surface area contributed by atoms with E-state index in [0.29, 0.717) is 5.02 Å². The molecule has 5 heteroatoms. The molecule has 0 aliphatic rings. The second-order valence-corrected chi connectivity index (χ2v) is 5.76. The first-order chi connectivity index (χ1) is 7.89. The molecule has 2 rings (SSSR count). The van der Waals surface area contributed by atoms with E-state index < -0.39 is 5.54 Å². The largest absolute Gasteiger partial charge is 0.321 e. The number of nitrogens with zero attached hydrogens (tertiary/aromatic N) is 2. The molecule has 1 heterocycles. The SMILES string of the molecule is CC(C)(N)c1cncn1-c1cc(Cl)ccc1Br. The lowest BCUT2D eigenvalue weighted by Gasteiger charge is -2.21. The Morgan fingerprint density at radius 3 is 2.76 bits per heavy atom. The third kappa shape index (κ3) is 2.54. The van der Waals surface area contributed by atoms with Gasteiger partial charge in [0.05, 0.1) is 29.4 Å². The van der Waals surface area contributed by atoms with Crippen molar-refractivity contribution in [1.82, 2.24) is 9.55 Å². The van der Waals surface area contributed by atoms with Crippen LogP contribution in [0.25, 0.3) is 5.69 Å². The molecule has 2 N–H and O–H groups in total. The minimum atomic E-state index is -0.460. The zero-order valence-corrected chi connectivity index (χ0v) is 12.0. The standard InChI is InChI=1S/C12H13BrClN3/c1-12(2,15)11-6-16-7-17(11)10-5-8(14)3-4-9(10)13/h3-7H,15H2,1-2H3. The highest BCUT2D eigenvalue weighted by molar-refractivity contribution is 9.10. The Balaban J connectivity index is 2.61. The van der Waals surface area contributed by atoms with Gasteiger partial charge in [0, 0.05) is 9.50 Å². The van der Waals surface area contributed by atoms with Crippen LogP contribution in [0.2, 0.25) is 5.02 Å². The van der Waals surface area contributed by atoms with E-state index in [1.165, 1.54) is 0 Å². The van der Waals surface area contributed by atoms with E-state index in [0.717, 1.165) is 15.9 Å². The van der Waals surface area contributed by atoms with Crippen molar-refractivity contribution >= 4 is 27.5 Å². The summed E-state index contributed by atoms with van der Waals surface area (Å²) in [5.41, 5.74) is 7.52. The van der Waals surface area contributed by atoms with Crippen molar-refractivity contribution in [3.63, 3.8) is 0 Å². The van der Waals surface area contributed by atoms with Crippen molar-refractivity contribution in [1.29, 1.82) is 0 Å². The Morgan fingerprint density at radius 1 is 1.41 bits per heavy atom. The second kappa shape index (κ2) is 4.44. The molecule has 0 bridgehead atoms. The lowest BCUT2D eigenvalue weighted by molar-refractivity contribution is 0.524. The molecule has 1 aromatic carbocycles. The zero-order chi connectivity index (χ0) is 12.6. The minimum Gasteiger partial charge on any atom is -0.321 e. The van der Waals surface area contributed by atoms with E-state index in [9.17, 15) is 0 Å². The van der Waals surface area contributed by atoms with Crippen molar-refractivity contribution in [3.05, 3.63) is 45.9 Å². The van der Waals surface area contributed by atoms with Gasteiger partial charge in [-0.1, -0.05) is 11.6 Å². The second-order valence-electron chi connectivity index (χ2n) is 4.47. The smallest absolute Gasteiger partial charge is 0.0995 e. The highest BCUT2D eigenvalue weighted by atomic mass is 79.9. The van der Waals surface area contributed by atoms with Crippen LogP contribution in [-0.4, -0.2) is 9.55 Å². The van der Waals surface area contributed by atoms with Crippen LogP contribution in [0, 0.1) is 0 Å². The number of benzene rings is 1. The Bertz CT molecular complexity index is 543. The first-order valence-corrected chi connectivity index (χ1v) is 6.34. The first kappa shape index (κ1) is 12.6. The molecular formula is C12H13BrClN3. The third-order valence-electron chi connectivity index (χ3n) is 2.47. The van der Waals surface area contributed by atoms with Gasteiger partial charge in [-0.3, -0.25) is 0 Å². The lowest BCUT2D eigenvalue weighted by Crippen LogP contribution is -2.31. The summed E-state index contributed by atoms with van der Waals surface area (Å²) in [5, 5.41) is 0.678. The quantitative estimate of drug-likeness (QED) is 0.922. The van der Waals surface area contributed by atoms with E-state index in [1.54, 1.807) is 12.5 Å². The molecule has 0 saturated heterocycles.